The molecule has 0 radical (unpaired) electrons. The summed E-state index contributed by atoms with van der Waals surface area (Å²) in [5, 5.41) is 3.64. The summed E-state index contributed by atoms with van der Waals surface area (Å²) in [7, 11) is -3.79. The lowest BCUT2D eigenvalue weighted by Crippen LogP contribution is -2.51. The van der Waals surface area contributed by atoms with Crippen LogP contribution in [-0.4, -0.2) is 50.5 Å². The first-order valence-corrected chi connectivity index (χ1v) is 14.0. The van der Waals surface area contributed by atoms with Crippen LogP contribution in [0.25, 0.3) is 0 Å². The zero-order valence-electron chi connectivity index (χ0n) is 20.8. The van der Waals surface area contributed by atoms with Crippen molar-refractivity contribution >= 4 is 50.7 Å². The number of nitrogens with one attached hydrogen (secondary N) is 1. The molecule has 35 heavy (non-hydrogen) atoms. The smallest absolute Gasteiger partial charge is 0.244 e. The molecular weight excluding hydrogens is 509 g/mol. The first-order chi connectivity index (χ1) is 16.3. The Bertz CT molecular complexity index is 1170. The summed E-state index contributed by atoms with van der Waals surface area (Å²) in [5.74, 6) is -0.852. The molecule has 0 aliphatic rings. The van der Waals surface area contributed by atoms with Crippen LogP contribution in [0.15, 0.2) is 36.4 Å². The third-order valence-corrected chi connectivity index (χ3v) is 7.38. The van der Waals surface area contributed by atoms with Gasteiger partial charge in [0.15, 0.2) is 0 Å². The fourth-order valence-electron chi connectivity index (χ4n) is 3.54. The van der Waals surface area contributed by atoms with Crippen LogP contribution >= 0.6 is 23.2 Å². The van der Waals surface area contributed by atoms with Gasteiger partial charge in [-0.1, -0.05) is 54.7 Å². The van der Waals surface area contributed by atoms with Crippen molar-refractivity contribution in [1.82, 2.24) is 10.2 Å². The number of carbonyl (C=O) groups is 2. The third-order valence-electron chi connectivity index (χ3n) is 5.67. The second-order valence-corrected chi connectivity index (χ2v) is 11.4. The fourth-order valence-corrected chi connectivity index (χ4v) is 4.90. The standard InChI is InChI=1S/C25H33Cl2N3O4S/c1-6-7-12-28-25(32)19(4)29(15-20-10-11-21(26)14-22(20)27)24(31)16-30(35(5,33)34)23-13-17(2)8-9-18(23)3/h8-11,13-14,19H,6-7,12,15-16H2,1-5H3,(H,28,32)/t19-/m0/s1. The molecule has 1 N–H and O–H groups in total. The van der Waals surface area contributed by atoms with Crippen molar-refractivity contribution in [3.05, 3.63) is 63.1 Å². The summed E-state index contributed by atoms with van der Waals surface area (Å²) in [5.41, 5.74) is 2.59. The zero-order valence-corrected chi connectivity index (χ0v) is 23.1. The number of benzene rings is 2. The summed E-state index contributed by atoms with van der Waals surface area (Å²) >= 11 is 12.4. The highest BCUT2D eigenvalue weighted by Gasteiger charge is 2.31. The second-order valence-electron chi connectivity index (χ2n) is 8.64. The highest BCUT2D eigenvalue weighted by Crippen LogP contribution is 2.26. The van der Waals surface area contributed by atoms with Gasteiger partial charge in [0, 0.05) is 23.1 Å². The maximum atomic E-state index is 13.6. The molecule has 2 rings (SSSR count). The quantitative estimate of drug-likeness (QED) is 0.417. The SMILES string of the molecule is CCCCNC(=O)[C@H](C)N(Cc1ccc(Cl)cc1Cl)C(=O)CN(c1cc(C)ccc1C)S(C)(=O)=O. The molecule has 0 aliphatic heterocycles. The average molecular weight is 543 g/mol. The van der Waals surface area contributed by atoms with Gasteiger partial charge in [-0.2, -0.15) is 0 Å². The predicted octanol–water partition coefficient (Wildman–Crippen LogP) is 4.71. The topological polar surface area (TPSA) is 86.8 Å². The molecule has 2 amide bonds. The molecule has 0 saturated carbocycles. The Hall–Kier alpha value is -2.29. The van der Waals surface area contributed by atoms with Gasteiger partial charge in [-0.15, -0.1) is 0 Å². The lowest BCUT2D eigenvalue weighted by molar-refractivity contribution is -0.139. The Kier molecular flexibility index (Phi) is 10.4. The minimum atomic E-state index is -3.79. The molecule has 10 heteroatoms. The summed E-state index contributed by atoms with van der Waals surface area (Å²) in [6.45, 7) is 7.31. The zero-order chi connectivity index (χ0) is 26.3. The molecule has 0 bridgehead atoms. The van der Waals surface area contributed by atoms with E-state index in [-0.39, 0.29) is 12.5 Å². The average Bonchev–Trinajstić information content (AvgIpc) is 2.77. The summed E-state index contributed by atoms with van der Waals surface area (Å²) in [6.07, 6.45) is 2.78. The van der Waals surface area contributed by atoms with Crippen LogP contribution in [0.4, 0.5) is 5.69 Å². The van der Waals surface area contributed by atoms with E-state index in [1.807, 2.05) is 26.0 Å². The van der Waals surface area contributed by atoms with Gasteiger partial charge in [0.2, 0.25) is 21.8 Å². The fraction of sp³-hybridized carbons (Fsp3) is 0.440. The molecular formula is C25H33Cl2N3O4S. The van der Waals surface area contributed by atoms with Gasteiger partial charge in [0.05, 0.1) is 11.9 Å². The highest BCUT2D eigenvalue weighted by molar-refractivity contribution is 7.92. The number of nitrogens with zero attached hydrogens (tertiary/aromatic N) is 2. The molecule has 0 saturated heterocycles. The van der Waals surface area contributed by atoms with Crippen LogP contribution in [0.3, 0.4) is 0 Å². The van der Waals surface area contributed by atoms with E-state index in [0.717, 1.165) is 29.0 Å². The van der Waals surface area contributed by atoms with Crippen molar-refractivity contribution in [2.75, 3.05) is 23.7 Å². The molecule has 7 nitrogen and oxygen atoms in total. The number of hydrogen-bond donors (Lipinski definition) is 1. The largest absolute Gasteiger partial charge is 0.354 e. The van der Waals surface area contributed by atoms with Crippen LogP contribution in [0, 0.1) is 13.8 Å². The van der Waals surface area contributed by atoms with E-state index in [2.05, 4.69) is 5.32 Å². The normalized spacial score (nSPS) is 12.2. The Morgan fingerprint density at radius 1 is 1.09 bits per heavy atom. The van der Waals surface area contributed by atoms with E-state index < -0.39 is 28.5 Å². The number of aryl methyl sites for hydroxylation is 2. The van der Waals surface area contributed by atoms with Crippen molar-refractivity contribution in [2.24, 2.45) is 0 Å². The van der Waals surface area contributed by atoms with E-state index in [1.54, 1.807) is 38.1 Å². The Labute approximate surface area is 218 Å². The number of amides is 2. The molecule has 0 aliphatic carbocycles. The molecule has 0 aromatic heterocycles. The number of halogens is 2. The van der Waals surface area contributed by atoms with Gasteiger partial charge in [-0.3, -0.25) is 13.9 Å². The molecule has 2 aromatic rings. The molecule has 1 atom stereocenters. The van der Waals surface area contributed by atoms with Gasteiger partial charge in [0.1, 0.15) is 12.6 Å². The second kappa shape index (κ2) is 12.6. The maximum Gasteiger partial charge on any atom is 0.244 e. The van der Waals surface area contributed by atoms with E-state index in [1.165, 1.54) is 4.90 Å². The molecule has 0 fully saturated rings. The molecule has 2 aromatic carbocycles. The Morgan fingerprint density at radius 3 is 2.37 bits per heavy atom. The third kappa shape index (κ3) is 8.12. The van der Waals surface area contributed by atoms with Crippen molar-refractivity contribution in [3.8, 4) is 0 Å². The van der Waals surface area contributed by atoms with Crippen LogP contribution < -0.4 is 9.62 Å². The highest BCUT2D eigenvalue weighted by atomic mass is 35.5. The summed E-state index contributed by atoms with van der Waals surface area (Å²) in [4.78, 5) is 27.8. The van der Waals surface area contributed by atoms with Gasteiger partial charge in [-0.05, 0) is 62.1 Å². The molecule has 0 heterocycles. The summed E-state index contributed by atoms with van der Waals surface area (Å²) in [6, 6.07) is 9.45. The van der Waals surface area contributed by atoms with E-state index in [4.69, 9.17) is 23.2 Å². The number of rotatable bonds is 11. The van der Waals surface area contributed by atoms with Gasteiger partial charge in [-0.25, -0.2) is 8.42 Å². The number of carbonyl (C=O) groups excluding carboxylic acids is 2. The van der Waals surface area contributed by atoms with Gasteiger partial charge < -0.3 is 10.2 Å². The molecule has 192 valence electrons. The van der Waals surface area contributed by atoms with E-state index >= 15 is 0 Å². The summed E-state index contributed by atoms with van der Waals surface area (Å²) < 4.78 is 26.5. The minimum Gasteiger partial charge on any atom is -0.354 e. The maximum absolute atomic E-state index is 13.6. The molecule has 0 unspecified atom stereocenters. The van der Waals surface area contributed by atoms with E-state index in [0.29, 0.717) is 33.4 Å². The lowest BCUT2D eigenvalue weighted by atomic mass is 10.1. The van der Waals surface area contributed by atoms with Crippen LogP contribution in [0.5, 0.6) is 0 Å². The van der Waals surface area contributed by atoms with Crippen molar-refractivity contribution in [3.63, 3.8) is 0 Å². The van der Waals surface area contributed by atoms with Crippen molar-refractivity contribution < 1.29 is 18.0 Å². The number of unbranched alkanes of at least 4 members (excludes halogenated alkanes) is 1. The first-order valence-electron chi connectivity index (χ1n) is 11.4. The molecule has 0 spiro atoms. The van der Waals surface area contributed by atoms with Crippen molar-refractivity contribution in [1.29, 1.82) is 0 Å². The first kappa shape index (κ1) is 28.9. The number of anilines is 1. The van der Waals surface area contributed by atoms with Crippen molar-refractivity contribution in [2.45, 2.75) is 53.1 Å². The predicted molar refractivity (Wildman–Crippen MR) is 142 cm³/mol. The van der Waals surface area contributed by atoms with E-state index in [9.17, 15) is 18.0 Å². The number of sulfonamides is 1. The van der Waals surface area contributed by atoms with Crippen LogP contribution in [0.1, 0.15) is 43.4 Å². The monoisotopic (exact) mass is 541 g/mol. The Balaban J connectivity index is 2.43. The Morgan fingerprint density at radius 2 is 1.77 bits per heavy atom. The van der Waals surface area contributed by atoms with Gasteiger partial charge >= 0.3 is 0 Å². The van der Waals surface area contributed by atoms with Crippen LogP contribution in [0.2, 0.25) is 10.0 Å². The van der Waals surface area contributed by atoms with Crippen LogP contribution in [-0.2, 0) is 26.2 Å². The van der Waals surface area contributed by atoms with Gasteiger partial charge in [0.25, 0.3) is 0 Å². The number of hydrogen-bond acceptors (Lipinski definition) is 4. The lowest BCUT2D eigenvalue weighted by Gasteiger charge is -2.32. The minimum absolute atomic E-state index is 0.0155.